The minimum absolute atomic E-state index is 0.102. The molecule has 0 spiro atoms. The zero-order valence-corrected chi connectivity index (χ0v) is 13.4. The number of rotatable bonds is 5. The molecule has 0 bridgehead atoms. The highest BCUT2D eigenvalue weighted by Crippen LogP contribution is 2.38. The average Bonchev–Trinajstić information content (AvgIpc) is 2.53. The highest BCUT2D eigenvalue weighted by atomic mass is 16.5. The van der Waals surface area contributed by atoms with Crippen LogP contribution in [0.15, 0.2) is 30.3 Å². The summed E-state index contributed by atoms with van der Waals surface area (Å²) in [6, 6.07) is 10.6. The number of hydrogen-bond donors (Lipinski definition) is 1. The van der Waals surface area contributed by atoms with E-state index in [0.717, 1.165) is 32.2 Å². The normalized spacial score (nSPS) is 25.8. The van der Waals surface area contributed by atoms with Crippen LogP contribution in [0.5, 0.6) is 0 Å². The van der Waals surface area contributed by atoms with Crippen molar-refractivity contribution in [2.45, 2.75) is 51.0 Å². The van der Waals surface area contributed by atoms with Crippen LogP contribution in [0.3, 0.4) is 0 Å². The summed E-state index contributed by atoms with van der Waals surface area (Å²) in [6.07, 6.45) is 3.77. The van der Waals surface area contributed by atoms with Crippen molar-refractivity contribution in [3.05, 3.63) is 35.9 Å². The van der Waals surface area contributed by atoms with Crippen molar-refractivity contribution in [3.63, 3.8) is 0 Å². The van der Waals surface area contributed by atoms with Crippen molar-refractivity contribution < 1.29 is 9.53 Å². The first-order valence-electron chi connectivity index (χ1n) is 7.96. The molecule has 0 radical (unpaired) electrons. The fraction of sp³-hybridized carbons (Fsp3) is 0.611. The van der Waals surface area contributed by atoms with E-state index in [-0.39, 0.29) is 5.97 Å². The number of hydrogen-bond acceptors (Lipinski definition) is 3. The quantitative estimate of drug-likeness (QED) is 0.843. The van der Waals surface area contributed by atoms with Crippen molar-refractivity contribution in [1.82, 2.24) is 5.32 Å². The molecule has 3 heteroatoms. The van der Waals surface area contributed by atoms with E-state index < -0.39 is 5.54 Å². The zero-order valence-electron chi connectivity index (χ0n) is 13.4. The first kappa shape index (κ1) is 16.0. The van der Waals surface area contributed by atoms with E-state index in [1.165, 1.54) is 12.7 Å². The molecule has 1 aromatic rings. The smallest absolute Gasteiger partial charge is 0.326 e. The molecule has 116 valence electrons. The second-order valence-electron chi connectivity index (χ2n) is 6.53. The minimum atomic E-state index is -0.482. The molecular formula is C18H27NO2. The van der Waals surface area contributed by atoms with Crippen molar-refractivity contribution >= 4 is 5.97 Å². The first-order valence-corrected chi connectivity index (χ1v) is 7.96. The lowest BCUT2D eigenvalue weighted by Crippen LogP contribution is -2.55. The summed E-state index contributed by atoms with van der Waals surface area (Å²) < 4.78 is 5.06. The van der Waals surface area contributed by atoms with Crippen molar-refractivity contribution in [2.24, 2.45) is 5.92 Å². The van der Waals surface area contributed by atoms with Gasteiger partial charge in [0.1, 0.15) is 5.54 Å². The Kier molecular flexibility index (Phi) is 5.40. The summed E-state index contributed by atoms with van der Waals surface area (Å²) in [7, 11) is 1.49. The molecule has 1 fully saturated rings. The molecule has 0 saturated heterocycles. The molecule has 1 N–H and O–H groups in total. The lowest BCUT2D eigenvalue weighted by atomic mass is 9.74. The summed E-state index contributed by atoms with van der Waals surface area (Å²) in [5, 5.41) is 3.48. The summed E-state index contributed by atoms with van der Waals surface area (Å²) in [5.74, 6) is 0.984. The fourth-order valence-electron chi connectivity index (χ4n) is 3.22. The Morgan fingerprint density at radius 3 is 2.43 bits per heavy atom. The van der Waals surface area contributed by atoms with Crippen molar-refractivity contribution in [2.75, 3.05) is 13.7 Å². The largest absolute Gasteiger partial charge is 0.468 e. The monoisotopic (exact) mass is 289 g/mol. The third-order valence-corrected chi connectivity index (χ3v) is 4.53. The number of carbonyl (C=O) groups excluding carboxylic acids is 1. The van der Waals surface area contributed by atoms with E-state index in [9.17, 15) is 4.79 Å². The highest BCUT2D eigenvalue weighted by molar-refractivity contribution is 5.81. The van der Waals surface area contributed by atoms with Gasteiger partial charge in [0, 0.05) is 0 Å². The molecule has 21 heavy (non-hydrogen) atoms. The Morgan fingerprint density at radius 1 is 1.29 bits per heavy atom. The molecule has 0 amide bonds. The number of esters is 1. The molecule has 2 rings (SSSR count). The molecule has 0 atom stereocenters. The molecule has 3 nitrogen and oxygen atoms in total. The van der Waals surface area contributed by atoms with Crippen LogP contribution >= 0.6 is 0 Å². The molecule has 1 saturated carbocycles. The second kappa shape index (κ2) is 7.08. The van der Waals surface area contributed by atoms with Gasteiger partial charge in [0.05, 0.1) is 7.11 Å². The molecule has 0 unspecified atom stereocenters. The van der Waals surface area contributed by atoms with Crippen LogP contribution in [-0.2, 0) is 9.53 Å². The van der Waals surface area contributed by atoms with Crippen LogP contribution in [0.2, 0.25) is 0 Å². The maximum Gasteiger partial charge on any atom is 0.326 e. The van der Waals surface area contributed by atoms with Gasteiger partial charge >= 0.3 is 5.97 Å². The summed E-state index contributed by atoms with van der Waals surface area (Å²) >= 11 is 0. The number of carbonyl (C=O) groups is 1. The Bertz CT molecular complexity index is 448. The Morgan fingerprint density at radius 2 is 1.90 bits per heavy atom. The molecule has 0 heterocycles. The van der Waals surface area contributed by atoms with Gasteiger partial charge in [-0.1, -0.05) is 44.2 Å². The molecule has 0 aliphatic heterocycles. The Balaban J connectivity index is 2.04. The summed E-state index contributed by atoms with van der Waals surface area (Å²) in [6.45, 7) is 5.17. The fourth-order valence-corrected chi connectivity index (χ4v) is 3.22. The van der Waals surface area contributed by atoms with Gasteiger partial charge in [-0.2, -0.15) is 0 Å². The van der Waals surface area contributed by atoms with Gasteiger partial charge in [-0.05, 0) is 49.6 Å². The first-order chi connectivity index (χ1) is 10.1. The average molecular weight is 289 g/mol. The second-order valence-corrected chi connectivity index (χ2v) is 6.53. The maximum absolute atomic E-state index is 12.3. The van der Waals surface area contributed by atoms with E-state index >= 15 is 0 Å². The lowest BCUT2D eigenvalue weighted by Gasteiger charge is -2.39. The lowest BCUT2D eigenvalue weighted by molar-refractivity contribution is -0.150. The van der Waals surface area contributed by atoms with Gasteiger partial charge in [-0.3, -0.25) is 4.79 Å². The van der Waals surface area contributed by atoms with Crippen molar-refractivity contribution in [1.29, 1.82) is 0 Å². The number of methoxy groups -OCH3 is 1. The van der Waals surface area contributed by atoms with E-state index in [0.29, 0.717) is 11.8 Å². The number of ether oxygens (including phenoxy) is 1. The third-order valence-electron chi connectivity index (χ3n) is 4.53. The van der Waals surface area contributed by atoms with Crippen LogP contribution in [0.1, 0.15) is 51.0 Å². The topological polar surface area (TPSA) is 38.3 Å². The maximum atomic E-state index is 12.3. The predicted molar refractivity (Wildman–Crippen MR) is 85.2 cm³/mol. The van der Waals surface area contributed by atoms with Gasteiger partial charge in [0.2, 0.25) is 0 Å². The molecule has 1 aromatic carbocycles. The van der Waals surface area contributed by atoms with Gasteiger partial charge in [-0.25, -0.2) is 0 Å². The zero-order chi connectivity index (χ0) is 15.3. The van der Waals surface area contributed by atoms with E-state index in [1.807, 2.05) is 0 Å². The van der Waals surface area contributed by atoms with Crippen LogP contribution in [0.4, 0.5) is 0 Å². The summed E-state index contributed by atoms with van der Waals surface area (Å²) in [4.78, 5) is 12.3. The van der Waals surface area contributed by atoms with E-state index in [1.54, 1.807) is 0 Å². The van der Waals surface area contributed by atoms with Crippen LogP contribution < -0.4 is 5.32 Å². The summed E-state index contributed by atoms with van der Waals surface area (Å²) in [5.41, 5.74) is 0.907. The van der Waals surface area contributed by atoms with Gasteiger partial charge in [0.25, 0.3) is 0 Å². The molecule has 0 aromatic heterocycles. The van der Waals surface area contributed by atoms with Crippen molar-refractivity contribution in [3.8, 4) is 0 Å². The van der Waals surface area contributed by atoms with Crippen LogP contribution in [0.25, 0.3) is 0 Å². The van der Waals surface area contributed by atoms with Gasteiger partial charge < -0.3 is 10.1 Å². The number of nitrogens with one attached hydrogen (secondary N) is 1. The van der Waals surface area contributed by atoms with E-state index in [4.69, 9.17) is 4.74 Å². The van der Waals surface area contributed by atoms with Crippen LogP contribution in [-0.4, -0.2) is 25.2 Å². The number of benzene rings is 1. The van der Waals surface area contributed by atoms with Gasteiger partial charge in [-0.15, -0.1) is 0 Å². The van der Waals surface area contributed by atoms with Crippen LogP contribution in [0, 0.1) is 5.92 Å². The molecular weight excluding hydrogens is 262 g/mol. The molecule has 1 aliphatic rings. The highest BCUT2D eigenvalue weighted by Gasteiger charge is 2.42. The third kappa shape index (κ3) is 3.85. The Hall–Kier alpha value is -1.35. The van der Waals surface area contributed by atoms with E-state index in [2.05, 4.69) is 49.5 Å². The Labute approximate surface area is 128 Å². The van der Waals surface area contributed by atoms with Gasteiger partial charge in [0.15, 0.2) is 0 Å². The SMILES string of the molecule is COC(=O)C1(NCC(C)C)CCC(c2ccccc2)CC1. The predicted octanol–water partition coefficient (Wildman–Crippen LogP) is 3.50. The molecule has 1 aliphatic carbocycles. The standard InChI is InChI=1S/C18H27NO2/c1-14(2)13-19-18(17(20)21-3)11-9-16(10-12-18)15-7-5-4-6-8-15/h4-8,14,16,19H,9-13H2,1-3H3. The minimum Gasteiger partial charge on any atom is -0.468 e.